The number of hydroxylamine groups is 2. The molecule has 2 aliphatic heterocycles. The second-order valence-corrected chi connectivity index (χ2v) is 19.7. The summed E-state index contributed by atoms with van der Waals surface area (Å²) in [5.74, 6) is 1.75. The Labute approximate surface area is 368 Å². The highest BCUT2D eigenvalue weighted by atomic mass is 16.7. The summed E-state index contributed by atoms with van der Waals surface area (Å²) >= 11 is 0. The number of nitrogens with zero attached hydrogens (tertiary/aromatic N) is 4. The van der Waals surface area contributed by atoms with Crippen molar-refractivity contribution in [3.05, 3.63) is 35.4 Å². The molecule has 4 unspecified atom stereocenters. The van der Waals surface area contributed by atoms with Gasteiger partial charge in [0.1, 0.15) is 0 Å². The van der Waals surface area contributed by atoms with Crippen molar-refractivity contribution in [1.29, 1.82) is 0 Å². The number of nitrogens with one attached hydrogen (secondary N) is 2. The molecule has 0 bridgehead atoms. The third-order valence-electron chi connectivity index (χ3n) is 13.5. The molecule has 0 saturated carbocycles. The van der Waals surface area contributed by atoms with E-state index in [1.54, 1.807) is 24.3 Å². The van der Waals surface area contributed by atoms with Crippen molar-refractivity contribution < 1.29 is 19.3 Å². The second-order valence-electron chi connectivity index (χ2n) is 19.7. The van der Waals surface area contributed by atoms with Crippen LogP contribution >= 0.6 is 0 Å². The largest absolute Gasteiger partial charge is 0.366 e. The average molecular weight is 841 g/mol. The molecule has 0 aliphatic carbocycles. The van der Waals surface area contributed by atoms with Gasteiger partial charge in [-0.3, -0.25) is 19.6 Å². The Morgan fingerprint density at radius 3 is 0.967 bits per heavy atom. The topological polar surface area (TPSA) is 89.6 Å². The van der Waals surface area contributed by atoms with Crippen molar-refractivity contribution in [2.24, 2.45) is 23.7 Å². The van der Waals surface area contributed by atoms with E-state index in [4.69, 9.17) is 9.68 Å². The molecule has 346 valence electrons. The quantitative estimate of drug-likeness (QED) is 0.0730. The SMILES string of the molecule is CCCCC(CC)CN1CN(CC(CC)CCCC)CC(C)(NOC(=O)c2ccc(C(=O)ONC3(C)CN(CC(CC)CCCC)CN(CC(CC)CCCC)C3)cc2)C1. The standard InChI is InChI=1S/C50H92N6O4/c1-11-19-23-41(15-5)31-53-35-49(9,36-54(39-53)32-42(16-6)24-20-12-2)51-59-47(57)45-27-29-46(30-28-45)48(58)60-52-50(10)37-55(33-43(17-7)25-21-13-3)40-56(38-50)34-44(18-8)26-22-14-4/h27-30,41-44,51-52H,11-26,31-40H2,1-10H3. The Hall–Kier alpha value is -2.08. The fourth-order valence-electron chi connectivity index (χ4n) is 9.79. The zero-order valence-corrected chi connectivity index (χ0v) is 40.4. The van der Waals surface area contributed by atoms with Crippen molar-refractivity contribution >= 4 is 11.9 Å². The van der Waals surface area contributed by atoms with Crippen LogP contribution in [0.4, 0.5) is 0 Å². The van der Waals surface area contributed by atoms with E-state index in [9.17, 15) is 9.59 Å². The Kier molecular flexibility index (Phi) is 24.3. The second kappa shape index (κ2) is 27.9. The predicted octanol–water partition coefficient (Wildman–Crippen LogP) is 10.5. The summed E-state index contributed by atoms with van der Waals surface area (Å²) in [6.07, 6.45) is 19.7. The van der Waals surface area contributed by atoms with Gasteiger partial charge >= 0.3 is 11.9 Å². The third kappa shape index (κ3) is 18.3. The van der Waals surface area contributed by atoms with Crippen LogP contribution in [0.5, 0.6) is 0 Å². The van der Waals surface area contributed by atoms with Gasteiger partial charge in [0.25, 0.3) is 0 Å². The molecule has 2 fully saturated rings. The molecule has 0 aromatic heterocycles. The number of rotatable bonds is 30. The third-order valence-corrected chi connectivity index (χ3v) is 13.5. The van der Waals surface area contributed by atoms with Crippen LogP contribution in [-0.2, 0) is 9.68 Å². The monoisotopic (exact) mass is 841 g/mol. The van der Waals surface area contributed by atoms with Gasteiger partial charge in [0.05, 0.1) is 35.5 Å². The summed E-state index contributed by atoms with van der Waals surface area (Å²) in [6, 6.07) is 6.65. The number of hydrogen-bond acceptors (Lipinski definition) is 10. The lowest BCUT2D eigenvalue weighted by Crippen LogP contribution is -2.65. The van der Waals surface area contributed by atoms with Crippen LogP contribution in [0.1, 0.15) is 193 Å². The first-order valence-corrected chi connectivity index (χ1v) is 24.8. The zero-order chi connectivity index (χ0) is 44.0. The van der Waals surface area contributed by atoms with Crippen LogP contribution in [-0.4, -0.2) is 108 Å². The summed E-state index contributed by atoms with van der Waals surface area (Å²) < 4.78 is 0. The van der Waals surface area contributed by atoms with Gasteiger partial charge in [-0.2, -0.15) is 0 Å². The van der Waals surface area contributed by atoms with Gasteiger partial charge in [0.15, 0.2) is 0 Å². The molecular formula is C50H92N6O4. The van der Waals surface area contributed by atoms with E-state index in [1.807, 2.05) is 0 Å². The molecule has 2 N–H and O–H groups in total. The number of unbranched alkanes of at least 4 members (excludes halogenated alkanes) is 4. The minimum Gasteiger partial charge on any atom is -0.366 e. The molecule has 2 aliphatic rings. The number of carbonyl (C=O) groups is 2. The Morgan fingerprint density at radius 2 is 0.750 bits per heavy atom. The first kappa shape index (κ1) is 52.3. The maximum Gasteiger partial charge on any atom is 0.356 e. The van der Waals surface area contributed by atoms with E-state index in [-0.39, 0.29) is 0 Å². The number of carbonyl (C=O) groups excluding carboxylic acids is 2. The Bertz CT molecular complexity index is 1180. The van der Waals surface area contributed by atoms with Crippen LogP contribution < -0.4 is 11.0 Å². The summed E-state index contributed by atoms with van der Waals surface area (Å²) in [5.41, 5.74) is 6.42. The lowest BCUT2D eigenvalue weighted by molar-refractivity contribution is -0.0585. The first-order valence-electron chi connectivity index (χ1n) is 24.8. The summed E-state index contributed by atoms with van der Waals surface area (Å²) in [5, 5.41) is 0. The highest BCUT2D eigenvalue weighted by Gasteiger charge is 2.39. The van der Waals surface area contributed by atoms with Gasteiger partial charge < -0.3 is 9.68 Å². The molecule has 10 heteroatoms. The van der Waals surface area contributed by atoms with Gasteiger partial charge in [-0.1, -0.05) is 132 Å². The van der Waals surface area contributed by atoms with E-state index < -0.39 is 23.0 Å². The minimum absolute atomic E-state index is 0.393. The molecule has 3 rings (SSSR count). The van der Waals surface area contributed by atoms with Crippen molar-refractivity contribution in [2.45, 2.75) is 183 Å². The van der Waals surface area contributed by atoms with Crippen molar-refractivity contribution in [3.63, 3.8) is 0 Å². The van der Waals surface area contributed by atoms with Crippen molar-refractivity contribution in [1.82, 2.24) is 30.6 Å². The van der Waals surface area contributed by atoms with Crippen molar-refractivity contribution in [2.75, 3.05) is 65.7 Å². The van der Waals surface area contributed by atoms with E-state index in [0.29, 0.717) is 34.8 Å². The molecule has 2 saturated heterocycles. The fourth-order valence-corrected chi connectivity index (χ4v) is 9.79. The van der Waals surface area contributed by atoms with Gasteiger partial charge in [0.2, 0.25) is 0 Å². The van der Waals surface area contributed by atoms with Crippen LogP contribution in [0.3, 0.4) is 0 Å². The summed E-state index contributed by atoms with van der Waals surface area (Å²) in [7, 11) is 0. The van der Waals surface area contributed by atoms with Crippen LogP contribution in [0.25, 0.3) is 0 Å². The van der Waals surface area contributed by atoms with Crippen LogP contribution in [0, 0.1) is 23.7 Å². The number of hydrogen-bond donors (Lipinski definition) is 2. The highest BCUT2D eigenvalue weighted by molar-refractivity contribution is 5.93. The normalized spacial score (nSPS) is 23.0. The molecule has 1 aromatic carbocycles. The molecule has 0 radical (unpaired) electrons. The first-order chi connectivity index (χ1) is 28.8. The highest BCUT2D eigenvalue weighted by Crippen LogP contribution is 2.26. The predicted molar refractivity (Wildman–Crippen MR) is 250 cm³/mol. The molecule has 1 aromatic rings. The maximum absolute atomic E-state index is 13.5. The summed E-state index contributed by atoms with van der Waals surface area (Å²) in [4.78, 5) is 48.9. The van der Waals surface area contributed by atoms with Crippen LogP contribution in [0.2, 0.25) is 0 Å². The average Bonchev–Trinajstić information content (AvgIpc) is 3.24. The van der Waals surface area contributed by atoms with Gasteiger partial charge in [-0.15, -0.1) is 11.0 Å². The maximum atomic E-state index is 13.5. The van der Waals surface area contributed by atoms with E-state index in [1.165, 1.54) is 103 Å². The van der Waals surface area contributed by atoms with Crippen molar-refractivity contribution in [3.8, 4) is 0 Å². The van der Waals surface area contributed by atoms with Gasteiger partial charge in [0, 0.05) is 52.4 Å². The smallest absolute Gasteiger partial charge is 0.356 e. The zero-order valence-electron chi connectivity index (χ0n) is 40.4. The van der Waals surface area contributed by atoms with E-state index in [0.717, 1.165) is 65.7 Å². The van der Waals surface area contributed by atoms with E-state index >= 15 is 0 Å². The lowest BCUT2D eigenvalue weighted by atomic mass is 9.93. The van der Waals surface area contributed by atoms with E-state index in [2.05, 4.69) is 99.8 Å². The van der Waals surface area contributed by atoms with Gasteiger partial charge in [-0.25, -0.2) is 9.59 Å². The minimum atomic E-state index is -0.453. The molecule has 0 spiro atoms. The van der Waals surface area contributed by atoms with Crippen LogP contribution in [0.15, 0.2) is 24.3 Å². The Morgan fingerprint density at radius 1 is 0.500 bits per heavy atom. The molecule has 4 atom stereocenters. The Balaban J connectivity index is 1.65. The van der Waals surface area contributed by atoms with Gasteiger partial charge in [-0.05, 0) is 87.5 Å². The lowest BCUT2D eigenvalue weighted by Gasteiger charge is -2.47. The summed E-state index contributed by atoms with van der Waals surface area (Å²) in [6.45, 7) is 32.1. The molecule has 2 heterocycles. The molecule has 10 nitrogen and oxygen atoms in total. The molecular weight excluding hydrogens is 749 g/mol. The molecule has 60 heavy (non-hydrogen) atoms. The fraction of sp³-hybridized carbons (Fsp3) is 0.840. The number of benzene rings is 1. The molecule has 0 amide bonds.